The highest BCUT2D eigenvalue weighted by molar-refractivity contribution is 9.10. The molecule has 1 amide bonds. The molecule has 23 heavy (non-hydrogen) atoms. The van der Waals surface area contributed by atoms with E-state index < -0.39 is 5.82 Å². The minimum Gasteiger partial charge on any atom is -0.339 e. The van der Waals surface area contributed by atoms with Crippen molar-refractivity contribution in [2.75, 3.05) is 54.4 Å². The van der Waals surface area contributed by atoms with E-state index in [1.165, 1.54) is 6.07 Å². The number of carbonyl (C=O) groups is 1. The van der Waals surface area contributed by atoms with Crippen molar-refractivity contribution in [3.63, 3.8) is 0 Å². The van der Waals surface area contributed by atoms with Gasteiger partial charge in [0.15, 0.2) is 0 Å². The average molecular weight is 388 g/mol. The Morgan fingerprint density at radius 3 is 1.96 bits per heavy atom. The van der Waals surface area contributed by atoms with Crippen molar-refractivity contribution in [1.82, 2.24) is 14.7 Å². The van der Waals surface area contributed by atoms with Crippen molar-refractivity contribution in [3.05, 3.63) is 34.1 Å². The molecule has 130 valence electrons. The molecule has 0 saturated carbocycles. The Bertz CT molecular complexity index is 495. The molecule has 0 heterocycles. The standard InChI is InChI=1S/C17H27BrFN3O/c1-20(2)9-5-11-22(12-6-10-21(3)4)17(23)14-7-8-15(18)16(19)13-14/h7-8,13H,5-6,9-12H2,1-4H3. The van der Waals surface area contributed by atoms with Crippen molar-refractivity contribution in [2.45, 2.75) is 12.8 Å². The van der Waals surface area contributed by atoms with Gasteiger partial charge in [0.1, 0.15) is 5.82 Å². The average Bonchev–Trinajstić information content (AvgIpc) is 2.47. The van der Waals surface area contributed by atoms with E-state index in [4.69, 9.17) is 0 Å². The highest BCUT2D eigenvalue weighted by atomic mass is 79.9. The van der Waals surface area contributed by atoms with Gasteiger partial charge in [-0.15, -0.1) is 0 Å². The van der Waals surface area contributed by atoms with Gasteiger partial charge in [0.05, 0.1) is 4.47 Å². The van der Waals surface area contributed by atoms with Gasteiger partial charge >= 0.3 is 0 Å². The summed E-state index contributed by atoms with van der Waals surface area (Å²) >= 11 is 3.12. The van der Waals surface area contributed by atoms with Crippen LogP contribution in [-0.2, 0) is 0 Å². The summed E-state index contributed by atoms with van der Waals surface area (Å²) in [5.41, 5.74) is 0.403. The molecule has 1 rings (SSSR count). The lowest BCUT2D eigenvalue weighted by atomic mass is 10.1. The van der Waals surface area contributed by atoms with E-state index in [1.54, 1.807) is 12.1 Å². The summed E-state index contributed by atoms with van der Waals surface area (Å²) in [6.07, 6.45) is 1.80. The molecule has 0 N–H and O–H groups in total. The zero-order chi connectivity index (χ0) is 17.4. The number of hydrogen-bond acceptors (Lipinski definition) is 3. The molecule has 0 aromatic heterocycles. The van der Waals surface area contributed by atoms with Crippen LogP contribution in [0.5, 0.6) is 0 Å². The molecular weight excluding hydrogens is 361 g/mol. The van der Waals surface area contributed by atoms with Gasteiger partial charge in [0.2, 0.25) is 0 Å². The summed E-state index contributed by atoms with van der Waals surface area (Å²) in [7, 11) is 8.06. The summed E-state index contributed by atoms with van der Waals surface area (Å²) < 4.78 is 14.1. The van der Waals surface area contributed by atoms with Crippen LogP contribution in [0, 0.1) is 5.82 Å². The summed E-state index contributed by atoms with van der Waals surface area (Å²) in [4.78, 5) is 18.7. The quantitative estimate of drug-likeness (QED) is 0.651. The zero-order valence-corrected chi connectivity index (χ0v) is 16.1. The van der Waals surface area contributed by atoms with E-state index in [-0.39, 0.29) is 5.91 Å². The Morgan fingerprint density at radius 2 is 1.52 bits per heavy atom. The van der Waals surface area contributed by atoms with Gasteiger partial charge < -0.3 is 14.7 Å². The first-order valence-corrected chi connectivity index (χ1v) is 8.64. The highest BCUT2D eigenvalue weighted by Gasteiger charge is 2.16. The maximum atomic E-state index is 13.7. The molecular formula is C17H27BrFN3O. The molecule has 0 aliphatic carbocycles. The molecule has 0 spiro atoms. The number of hydrogen-bond donors (Lipinski definition) is 0. The second-order valence-corrected chi connectivity index (χ2v) is 7.09. The predicted octanol–water partition coefficient (Wildman–Crippen LogP) is 2.93. The molecule has 0 bridgehead atoms. The molecule has 4 nitrogen and oxygen atoms in total. The predicted molar refractivity (Wildman–Crippen MR) is 96.3 cm³/mol. The molecule has 0 fully saturated rings. The lowest BCUT2D eigenvalue weighted by Crippen LogP contribution is -2.35. The fraction of sp³-hybridized carbons (Fsp3) is 0.588. The molecule has 0 unspecified atom stereocenters. The van der Waals surface area contributed by atoms with Crippen LogP contribution in [0.1, 0.15) is 23.2 Å². The summed E-state index contributed by atoms with van der Waals surface area (Å²) in [5, 5.41) is 0. The SMILES string of the molecule is CN(C)CCCN(CCCN(C)C)C(=O)c1ccc(Br)c(F)c1. The van der Waals surface area contributed by atoms with Crippen LogP contribution in [0.4, 0.5) is 4.39 Å². The van der Waals surface area contributed by atoms with Crippen molar-refractivity contribution >= 4 is 21.8 Å². The number of amides is 1. The lowest BCUT2D eigenvalue weighted by molar-refractivity contribution is 0.0744. The Morgan fingerprint density at radius 1 is 1.00 bits per heavy atom. The van der Waals surface area contributed by atoms with E-state index in [1.807, 2.05) is 33.1 Å². The van der Waals surface area contributed by atoms with Gasteiger partial charge in [0.25, 0.3) is 5.91 Å². The first-order chi connectivity index (χ1) is 10.8. The fourth-order valence-corrected chi connectivity index (χ4v) is 2.53. The van der Waals surface area contributed by atoms with Crippen LogP contribution in [0.25, 0.3) is 0 Å². The van der Waals surface area contributed by atoms with Crippen molar-refractivity contribution in [2.24, 2.45) is 0 Å². The van der Waals surface area contributed by atoms with E-state index >= 15 is 0 Å². The maximum Gasteiger partial charge on any atom is 0.253 e. The molecule has 1 aromatic carbocycles. The van der Waals surface area contributed by atoms with E-state index in [2.05, 4.69) is 25.7 Å². The molecule has 0 radical (unpaired) electrons. The Balaban J connectivity index is 2.74. The third-order valence-electron chi connectivity index (χ3n) is 3.52. The molecule has 6 heteroatoms. The van der Waals surface area contributed by atoms with Crippen LogP contribution in [0.15, 0.2) is 22.7 Å². The molecule has 0 saturated heterocycles. The van der Waals surface area contributed by atoms with Crippen LogP contribution in [-0.4, -0.2) is 75.0 Å². The van der Waals surface area contributed by atoms with Gasteiger partial charge in [-0.1, -0.05) is 0 Å². The lowest BCUT2D eigenvalue weighted by Gasteiger charge is -2.24. The third kappa shape index (κ3) is 7.42. The van der Waals surface area contributed by atoms with Crippen LogP contribution >= 0.6 is 15.9 Å². The Labute approximate surface area is 147 Å². The van der Waals surface area contributed by atoms with Gasteiger partial charge in [-0.05, 0) is 88.3 Å². The summed E-state index contributed by atoms with van der Waals surface area (Å²) in [6, 6.07) is 4.55. The van der Waals surface area contributed by atoms with E-state index in [0.29, 0.717) is 23.1 Å². The van der Waals surface area contributed by atoms with Crippen LogP contribution in [0.2, 0.25) is 0 Å². The molecule has 0 aliphatic rings. The largest absolute Gasteiger partial charge is 0.339 e. The zero-order valence-electron chi connectivity index (χ0n) is 14.5. The fourth-order valence-electron chi connectivity index (χ4n) is 2.28. The number of nitrogens with zero attached hydrogens (tertiary/aromatic N) is 3. The van der Waals surface area contributed by atoms with Gasteiger partial charge in [-0.3, -0.25) is 4.79 Å². The van der Waals surface area contributed by atoms with Crippen LogP contribution in [0.3, 0.4) is 0 Å². The van der Waals surface area contributed by atoms with Crippen molar-refractivity contribution in [3.8, 4) is 0 Å². The maximum absolute atomic E-state index is 13.7. The first-order valence-electron chi connectivity index (χ1n) is 7.85. The highest BCUT2D eigenvalue weighted by Crippen LogP contribution is 2.17. The smallest absolute Gasteiger partial charge is 0.253 e. The summed E-state index contributed by atoms with van der Waals surface area (Å²) in [5.74, 6) is -0.508. The topological polar surface area (TPSA) is 26.8 Å². The van der Waals surface area contributed by atoms with Crippen molar-refractivity contribution < 1.29 is 9.18 Å². The van der Waals surface area contributed by atoms with Crippen LogP contribution < -0.4 is 0 Å². The number of carbonyl (C=O) groups excluding carboxylic acids is 1. The number of benzene rings is 1. The van der Waals surface area contributed by atoms with E-state index in [9.17, 15) is 9.18 Å². The van der Waals surface area contributed by atoms with Gasteiger partial charge in [-0.25, -0.2) is 4.39 Å². The number of halogens is 2. The minimum absolute atomic E-state index is 0.103. The van der Waals surface area contributed by atoms with Gasteiger partial charge in [-0.2, -0.15) is 0 Å². The Hall–Kier alpha value is -0.980. The monoisotopic (exact) mass is 387 g/mol. The van der Waals surface area contributed by atoms with Crippen molar-refractivity contribution in [1.29, 1.82) is 0 Å². The minimum atomic E-state index is -0.405. The Kier molecular flexibility index (Phi) is 8.73. The molecule has 0 aliphatic heterocycles. The second kappa shape index (κ2) is 10.0. The first kappa shape index (κ1) is 20.1. The molecule has 0 atom stereocenters. The van der Waals surface area contributed by atoms with E-state index in [0.717, 1.165) is 25.9 Å². The summed E-state index contributed by atoms with van der Waals surface area (Å²) in [6.45, 7) is 3.21. The van der Waals surface area contributed by atoms with Gasteiger partial charge in [0, 0.05) is 18.7 Å². The third-order valence-corrected chi connectivity index (χ3v) is 4.16. The number of rotatable bonds is 9. The molecule has 1 aromatic rings. The second-order valence-electron chi connectivity index (χ2n) is 6.23. The normalized spacial score (nSPS) is 11.3.